The van der Waals surface area contributed by atoms with Crippen LogP contribution in [0.15, 0.2) is 54.6 Å². The SMILES string of the molecule is COc1ccccc1C[C@H](C)OC(=O)[C@](OC)(c1ccccc1)C(F)(F)F. The Labute approximate surface area is 155 Å². The minimum Gasteiger partial charge on any atom is -0.496 e. The standard InChI is InChI=1S/C20H21F3O4/c1-14(13-15-9-7-8-12-17(15)25-2)27-18(24)19(26-3,20(21,22)23)16-10-5-4-6-11-16/h4-12,14H,13H2,1-3H3/t14-,19+/m0/s1. The third-order valence-corrected chi connectivity index (χ3v) is 4.18. The summed E-state index contributed by atoms with van der Waals surface area (Å²) in [6.07, 6.45) is -5.62. The first-order valence-corrected chi connectivity index (χ1v) is 8.26. The molecule has 146 valence electrons. The number of rotatable bonds is 7. The number of para-hydroxylation sites is 1. The third-order valence-electron chi connectivity index (χ3n) is 4.18. The van der Waals surface area contributed by atoms with E-state index in [1.165, 1.54) is 38.3 Å². The number of halogens is 3. The number of methoxy groups -OCH3 is 2. The Kier molecular flexibility index (Phi) is 6.49. The van der Waals surface area contributed by atoms with Crippen LogP contribution in [0.4, 0.5) is 13.2 Å². The fourth-order valence-electron chi connectivity index (χ4n) is 2.88. The van der Waals surface area contributed by atoms with Gasteiger partial charge >= 0.3 is 12.1 Å². The van der Waals surface area contributed by atoms with Gasteiger partial charge in [-0.15, -0.1) is 0 Å². The fraction of sp³-hybridized carbons (Fsp3) is 0.350. The number of benzene rings is 2. The van der Waals surface area contributed by atoms with E-state index in [-0.39, 0.29) is 12.0 Å². The van der Waals surface area contributed by atoms with Gasteiger partial charge in [0.05, 0.1) is 7.11 Å². The van der Waals surface area contributed by atoms with Gasteiger partial charge < -0.3 is 14.2 Å². The van der Waals surface area contributed by atoms with Gasteiger partial charge in [0.1, 0.15) is 11.9 Å². The number of hydrogen-bond acceptors (Lipinski definition) is 4. The minimum absolute atomic E-state index is 0.197. The van der Waals surface area contributed by atoms with E-state index < -0.39 is 23.9 Å². The number of hydrogen-bond donors (Lipinski definition) is 0. The molecule has 0 radical (unpaired) electrons. The second-order valence-corrected chi connectivity index (χ2v) is 5.98. The lowest BCUT2D eigenvalue weighted by Crippen LogP contribution is -2.52. The Morgan fingerprint density at radius 2 is 1.59 bits per heavy atom. The van der Waals surface area contributed by atoms with Crippen molar-refractivity contribution in [2.45, 2.75) is 31.2 Å². The fourth-order valence-corrected chi connectivity index (χ4v) is 2.88. The normalized spacial score (nSPS) is 14.9. The summed E-state index contributed by atoms with van der Waals surface area (Å²) in [6.45, 7) is 1.52. The van der Waals surface area contributed by atoms with Crippen molar-refractivity contribution < 1.29 is 32.2 Å². The lowest BCUT2D eigenvalue weighted by atomic mass is 9.92. The zero-order valence-corrected chi connectivity index (χ0v) is 15.2. The Bertz CT molecular complexity index is 761. The number of carbonyl (C=O) groups excluding carboxylic acids is 1. The highest BCUT2D eigenvalue weighted by molar-refractivity contribution is 5.82. The van der Waals surface area contributed by atoms with Crippen LogP contribution in [0.3, 0.4) is 0 Å². The maximum Gasteiger partial charge on any atom is 0.432 e. The van der Waals surface area contributed by atoms with E-state index >= 15 is 0 Å². The van der Waals surface area contributed by atoms with Crippen LogP contribution >= 0.6 is 0 Å². The highest BCUT2D eigenvalue weighted by Gasteiger charge is 2.64. The van der Waals surface area contributed by atoms with Crippen molar-refractivity contribution in [2.75, 3.05) is 14.2 Å². The van der Waals surface area contributed by atoms with Gasteiger partial charge in [0.2, 0.25) is 0 Å². The van der Waals surface area contributed by atoms with Crippen LogP contribution < -0.4 is 4.74 Å². The Hall–Kier alpha value is -2.54. The lowest BCUT2D eigenvalue weighted by Gasteiger charge is -2.33. The van der Waals surface area contributed by atoms with E-state index in [9.17, 15) is 18.0 Å². The van der Waals surface area contributed by atoms with E-state index in [0.717, 1.165) is 12.7 Å². The van der Waals surface area contributed by atoms with Crippen LogP contribution in [0.2, 0.25) is 0 Å². The largest absolute Gasteiger partial charge is 0.496 e. The highest BCUT2D eigenvalue weighted by atomic mass is 19.4. The van der Waals surface area contributed by atoms with Crippen molar-refractivity contribution in [2.24, 2.45) is 0 Å². The molecule has 0 bridgehead atoms. The molecule has 2 atom stereocenters. The highest BCUT2D eigenvalue weighted by Crippen LogP contribution is 2.43. The van der Waals surface area contributed by atoms with Crippen LogP contribution in [0, 0.1) is 0 Å². The Balaban J connectivity index is 2.28. The molecule has 0 saturated carbocycles. The van der Waals surface area contributed by atoms with Crippen molar-refractivity contribution in [3.8, 4) is 5.75 Å². The second kappa shape index (κ2) is 8.43. The van der Waals surface area contributed by atoms with Gasteiger partial charge in [-0.1, -0.05) is 48.5 Å². The molecule has 0 aromatic heterocycles. The molecule has 2 aromatic rings. The second-order valence-electron chi connectivity index (χ2n) is 5.98. The molecule has 2 aromatic carbocycles. The van der Waals surface area contributed by atoms with Crippen molar-refractivity contribution in [3.63, 3.8) is 0 Å². The summed E-state index contributed by atoms with van der Waals surface area (Å²) >= 11 is 0. The van der Waals surface area contributed by atoms with E-state index in [2.05, 4.69) is 0 Å². The number of alkyl halides is 3. The van der Waals surface area contributed by atoms with Gasteiger partial charge in [-0.25, -0.2) is 4.79 Å². The molecule has 0 aliphatic heterocycles. The first kappa shape index (κ1) is 20.8. The van der Waals surface area contributed by atoms with Gasteiger partial charge in [-0.05, 0) is 18.6 Å². The van der Waals surface area contributed by atoms with Crippen LogP contribution in [-0.4, -0.2) is 32.5 Å². The molecule has 0 aliphatic rings. The van der Waals surface area contributed by atoms with Crippen LogP contribution in [0.5, 0.6) is 5.75 Å². The summed E-state index contributed by atoms with van der Waals surface area (Å²) < 4.78 is 56.7. The van der Waals surface area contributed by atoms with E-state index in [1.807, 2.05) is 0 Å². The molecule has 27 heavy (non-hydrogen) atoms. The molecule has 0 saturated heterocycles. The predicted octanol–water partition coefficient (Wildman–Crippen LogP) is 4.27. The summed E-state index contributed by atoms with van der Waals surface area (Å²) in [6, 6.07) is 13.7. The maximum absolute atomic E-state index is 13.9. The molecule has 0 unspecified atom stereocenters. The average Bonchev–Trinajstić information content (AvgIpc) is 2.62. The smallest absolute Gasteiger partial charge is 0.432 e. The zero-order valence-electron chi connectivity index (χ0n) is 15.2. The molecule has 2 rings (SSSR count). The molecule has 7 heteroatoms. The Morgan fingerprint density at radius 3 is 2.15 bits per heavy atom. The van der Waals surface area contributed by atoms with Gasteiger partial charge in [0, 0.05) is 19.1 Å². The minimum atomic E-state index is -5.00. The molecule has 0 fully saturated rings. The van der Waals surface area contributed by atoms with Gasteiger partial charge in [0.15, 0.2) is 0 Å². The van der Waals surface area contributed by atoms with Gasteiger partial charge in [-0.2, -0.15) is 13.2 Å². The lowest BCUT2D eigenvalue weighted by molar-refractivity contribution is -0.278. The van der Waals surface area contributed by atoms with Crippen molar-refractivity contribution >= 4 is 5.97 Å². The molecular formula is C20H21F3O4. The first-order valence-electron chi connectivity index (χ1n) is 8.26. The van der Waals surface area contributed by atoms with Crippen molar-refractivity contribution in [1.82, 2.24) is 0 Å². The zero-order chi connectivity index (χ0) is 20.1. The number of ether oxygens (including phenoxy) is 3. The predicted molar refractivity (Wildman–Crippen MR) is 93.4 cm³/mol. The molecular weight excluding hydrogens is 361 g/mol. The monoisotopic (exact) mass is 382 g/mol. The third kappa shape index (κ3) is 4.24. The summed E-state index contributed by atoms with van der Waals surface area (Å²) in [5, 5.41) is 0. The molecule has 4 nitrogen and oxygen atoms in total. The molecule has 0 N–H and O–H groups in total. The number of carbonyl (C=O) groups is 1. The van der Waals surface area contributed by atoms with Gasteiger partial charge in [0.25, 0.3) is 5.60 Å². The van der Waals surface area contributed by atoms with Crippen LogP contribution in [-0.2, 0) is 26.3 Å². The van der Waals surface area contributed by atoms with Crippen LogP contribution in [0.25, 0.3) is 0 Å². The Morgan fingerprint density at radius 1 is 1.00 bits per heavy atom. The quantitative estimate of drug-likeness (QED) is 0.671. The van der Waals surface area contributed by atoms with E-state index in [0.29, 0.717) is 5.75 Å². The van der Waals surface area contributed by atoms with Crippen molar-refractivity contribution in [3.05, 3.63) is 65.7 Å². The molecule has 0 amide bonds. The topological polar surface area (TPSA) is 44.8 Å². The maximum atomic E-state index is 13.9. The average molecular weight is 382 g/mol. The molecule has 0 aliphatic carbocycles. The van der Waals surface area contributed by atoms with E-state index in [4.69, 9.17) is 14.2 Å². The summed E-state index contributed by atoms with van der Waals surface area (Å²) in [5.74, 6) is -0.941. The first-order chi connectivity index (χ1) is 12.8. The summed E-state index contributed by atoms with van der Waals surface area (Å²) in [4.78, 5) is 12.6. The van der Waals surface area contributed by atoms with E-state index in [1.54, 1.807) is 30.3 Å². The van der Waals surface area contributed by atoms with Gasteiger partial charge in [-0.3, -0.25) is 0 Å². The molecule has 0 heterocycles. The molecule has 0 spiro atoms. The summed E-state index contributed by atoms with van der Waals surface area (Å²) in [7, 11) is 2.33. The number of esters is 1. The summed E-state index contributed by atoms with van der Waals surface area (Å²) in [5.41, 5.74) is -2.81. The van der Waals surface area contributed by atoms with Crippen molar-refractivity contribution in [1.29, 1.82) is 0 Å². The van der Waals surface area contributed by atoms with Crippen LogP contribution in [0.1, 0.15) is 18.1 Å².